The number of hydrogen-bond acceptors (Lipinski definition) is 3. The zero-order valence-electron chi connectivity index (χ0n) is 10.5. The molecule has 1 saturated heterocycles. The molecule has 1 unspecified atom stereocenters. The smallest absolute Gasteiger partial charge is 0.144 e. The Balaban J connectivity index is 2.08. The van der Waals surface area contributed by atoms with Gasteiger partial charge in [-0.3, -0.25) is 0 Å². The largest absolute Gasteiger partial charge is 0.397 e. The van der Waals surface area contributed by atoms with Gasteiger partial charge < -0.3 is 15.4 Å². The van der Waals surface area contributed by atoms with E-state index in [-0.39, 0.29) is 11.1 Å². The summed E-state index contributed by atoms with van der Waals surface area (Å²) in [6, 6.07) is 2.82. The Bertz CT molecular complexity index is 422. The van der Waals surface area contributed by atoms with E-state index in [0.717, 1.165) is 19.4 Å². The average molecular weight is 273 g/mol. The molecule has 1 heterocycles. The molecule has 1 aromatic carbocycles. The van der Waals surface area contributed by atoms with Crippen molar-refractivity contribution in [3.8, 4) is 0 Å². The van der Waals surface area contributed by atoms with Crippen molar-refractivity contribution < 1.29 is 9.13 Å². The monoisotopic (exact) mass is 272 g/mol. The Morgan fingerprint density at radius 1 is 1.50 bits per heavy atom. The van der Waals surface area contributed by atoms with Crippen LogP contribution in [0.4, 0.5) is 15.8 Å². The van der Waals surface area contributed by atoms with Crippen LogP contribution >= 0.6 is 11.6 Å². The molecule has 18 heavy (non-hydrogen) atoms. The fraction of sp³-hybridized carbons (Fsp3) is 0.538. The Labute approximate surface area is 112 Å². The van der Waals surface area contributed by atoms with Gasteiger partial charge in [0.2, 0.25) is 0 Å². The van der Waals surface area contributed by atoms with Gasteiger partial charge in [-0.2, -0.15) is 0 Å². The Morgan fingerprint density at radius 2 is 2.28 bits per heavy atom. The zero-order chi connectivity index (χ0) is 13.1. The van der Waals surface area contributed by atoms with E-state index >= 15 is 0 Å². The van der Waals surface area contributed by atoms with Gasteiger partial charge in [0.15, 0.2) is 0 Å². The van der Waals surface area contributed by atoms with E-state index in [1.165, 1.54) is 18.6 Å². The Morgan fingerprint density at radius 3 is 2.94 bits per heavy atom. The number of benzene rings is 1. The maximum Gasteiger partial charge on any atom is 0.144 e. The van der Waals surface area contributed by atoms with Crippen LogP contribution < -0.4 is 10.6 Å². The molecule has 0 aliphatic carbocycles. The molecule has 0 bridgehead atoms. The maximum atomic E-state index is 13.5. The number of halogens is 2. The molecule has 3 nitrogen and oxygen atoms in total. The minimum atomic E-state index is -0.447. The van der Waals surface area contributed by atoms with Gasteiger partial charge in [0.25, 0.3) is 0 Å². The van der Waals surface area contributed by atoms with Crippen LogP contribution in [0.5, 0.6) is 0 Å². The third-order valence-corrected chi connectivity index (χ3v) is 3.52. The highest BCUT2D eigenvalue weighted by atomic mass is 35.5. The molecule has 100 valence electrons. The average Bonchev–Trinajstić information content (AvgIpc) is 2.35. The minimum absolute atomic E-state index is 0.0542. The highest BCUT2D eigenvalue weighted by Gasteiger charge is 2.18. The lowest BCUT2D eigenvalue weighted by Crippen LogP contribution is -2.33. The molecule has 2 N–H and O–H groups in total. The van der Waals surface area contributed by atoms with Gasteiger partial charge in [0.1, 0.15) is 5.82 Å². The van der Waals surface area contributed by atoms with E-state index < -0.39 is 5.82 Å². The predicted molar refractivity (Wildman–Crippen MR) is 72.7 cm³/mol. The van der Waals surface area contributed by atoms with Crippen molar-refractivity contribution in [3.63, 3.8) is 0 Å². The van der Waals surface area contributed by atoms with Crippen LogP contribution in [0.2, 0.25) is 5.02 Å². The number of hydrogen-bond donors (Lipinski definition) is 1. The Kier molecular flexibility index (Phi) is 4.30. The predicted octanol–water partition coefficient (Wildman–Crippen LogP) is 3.07. The molecule has 1 aromatic rings. The second kappa shape index (κ2) is 5.76. The summed E-state index contributed by atoms with van der Waals surface area (Å²) in [5.74, 6) is -0.447. The van der Waals surface area contributed by atoms with Crippen LogP contribution in [-0.2, 0) is 4.74 Å². The molecule has 0 saturated carbocycles. The van der Waals surface area contributed by atoms with Crippen molar-refractivity contribution in [2.45, 2.75) is 25.4 Å². The SMILES string of the molecule is CN(CC1CCCCO1)c1cc(F)c(Cl)cc1N. The molecule has 1 aliphatic heterocycles. The summed E-state index contributed by atoms with van der Waals surface area (Å²) in [5.41, 5.74) is 7.01. The van der Waals surface area contributed by atoms with E-state index in [2.05, 4.69) is 0 Å². The standard InChI is InChI=1S/C13H18ClFN2O/c1-17(8-9-4-2-3-5-18-9)13-7-11(15)10(14)6-12(13)16/h6-7,9H,2-5,8,16H2,1H3. The van der Waals surface area contributed by atoms with Gasteiger partial charge in [-0.15, -0.1) is 0 Å². The fourth-order valence-corrected chi connectivity index (χ4v) is 2.41. The van der Waals surface area contributed by atoms with Crippen molar-refractivity contribution in [1.29, 1.82) is 0 Å². The van der Waals surface area contributed by atoms with E-state index in [0.29, 0.717) is 17.9 Å². The van der Waals surface area contributed by atoms with Crippen LogP contribution in [0, 0.1) is 5.82 Å². The first-order valence-electron chi connectivity index (χ1n) is 6.15. The number of nitrogens with zero attached hydrogens (tertiary/aromatic N) is 1. The summed E-state index contributed by atoms with van der Waals surface area (Å²) < 4.78 is 19.1. The summed E-state index contributed by atoms with van der Waals surface area (Å²) in [7, 11) is 1.89. The minimum Gasteiger partial charge on any atom is -0.397 e. The highest BCUT2D eigenvalue weighted by Crippen LogP contribution is 2.29. The quantitative estimate of drug-likeness (QED) is 0.860. The molecule has 1 atom stereocenters. The first kappa shape index (κ1) is 13.4. The third-order valence-electron chi connectivity index (χ3n) is 3.23. The fourth-order valence-electron chi connectivity index (χ4n) is 2.24. The number of nitrogens with two attached hydrogens (primary N) is 1. The lowest BCUT2D eigenvalue weighted by atomic mass is 10.1. The van der Waals surface area contributed by atoms with E-state index in [9.17, 15) is 4.39 Å². The molecule has 1 fully saturated rings. The second-order valence-electron chi connectivity index (χ2n) is 4.69. The van der Waals surface area contributed by atoms with Crippen molar-refractivity contribution >= 4 is 23.0 Å². The van der Waals surface area contributed by atoms with Gasteiger partial charge in [0.05, 0.1) is 22.5 Å². The number of ether oxygens (including phenoxy) is 1. The number of nitrogen functional groups attached to an aromatic ring is 1. The van der Waals surface area contributed by atoms with E-state index in [4.69, 9.17) is 22.1 Å². The van der Waals surface area contributed by atoms with Crippen LogP contribution in [0.3, 0.4) is 0 Å². The van der Waals surface area contributed by atoms with Crippen LogP contribution in [-0.4, -0.2) is 26.3 Å². The molecule has 0 amide bonds. The molecule has 5 heteroatoms. The first-order chi connectivity index (χ1) is 8.58. The molecule has 2 rings (SSSR count). The van der Waals surface area contributed by atoms with E-state index in [1.54, 1.807) is 0 Å². The maximum absolute atomic E-state index is 13.5. The van der Waals surface area contributed by atoms with Gasteiger partial charge in [-0.25, -0.2) is 4.39 Å². The van der Waals surface area contributed by atoms with E-state index in [1.807, 2.05) is 11.9 Å². The summed E-state index contributed by atoms with van der Waals surface area (Å²) in [6.45, 7) is 1.52. The van der Waals surface area contributed by atoms with Gasteiger partial charge in [-0.05, 0) is 25.3 Å². The summed E-state index contributed by atoms with van der Waals surface area (Å²) >= 11 is 5.68. The summed E-state index contributed by atoms with van der Waals surface area (Å²) in [6.07, 6.45) is 3.54. The molecule has 0 spiro atoms. The number of anilines is 2. The van der Waals surface area contributed by atoms with Crippen LogP contribution in [0.15, 0.2) is 12.1 Å². The molecule has 1 aliphatic rings. The van der Waals surface area contributed by atoms with Crippen molar-refractivity contribution in [2.75, 3.05) is 30.8 Å². The molecule has 0 aromatic heterocycles. The third kappa shape index (κ3) is 3.06. The summed E-state index contributed by atoms with van der Waals surface area (Å²) in [5, 5.41) is 0.0542. The first-order valence-corrected chi connectivity index (χ1v) is 6.53. The molecule has 0 radical (unpaired) electrons. The normalized spacial score (nSPS) is 19.8. The number of rotatable bonds is 3. The Hall–Kier alpha value is -1.00. The zero-order valence-corrected chi connectivity index (χ0v) is 11.2. The lowest BCUT2D eigenvalue weighted by Gasteiger charge is -2.29. The second-order valence-corrected chi connectivity index (χ2v) is 5.10. The highest BCUT2D eigenvalue weighted by molar-refractivity contribution is 6.31. The van der Waals surface area contributed by atoms with Crippen molar-refractivity contribution in [2.24, 2.45) is 0 Å². The molecular weight excluding hydrogens is 255 g/mol. The van der Waals surface area contributed by atoms with Gasteiger partial charge in [0, 0.05) is 26.3 Å². The van der Waals surface area contributed by atoms with Crippen molar-refractivity contribution in [1.82, 2.24) is 0 Å². The van der Waals surface area contributed by atoms with Gasteiger partial charge in [-0.1, -0.05) is 11.6 Å². The van der Waals surface area contributed by atoms with Crippen LogP contribution in [0.25, 0.3) is 0 Å². The summed E-state index contributed by atoms with van der Waals surface area (Å²) in [4.78, 5) is 1.92. The topological polar surface area (TPSA) is 38.5 Å². The van der Waals surface area contributed by atoms with Crippen molar-refractivity contribution in [3.05, 3.63) is 23.0 Å². The van der Waals surface area contributed by atoms with Crippen LogP contribution in [0.1, 0.15) is 19.3 Å². The van der Waals surface area contributed by atoms with Gasteiger partial charge >= 0.3 is 0 Å². The molecular formula is C13H18ClFN2O. The number of likely N-dealkylation sites (N-methyl/N-ethyl adjacent to an activating group) is 1. The lowest BCUT2D eigenvalue weighted by molar-refractivity contribution is 0.0216.